The Labute approximate surface area is 86.5 Å². The molecule has 14 heavy (non-hydrogen) atoms. The molecule has 1 fully saturated rings. The van der Waals surface area contributed by atoms with Crippen molar-refractivity contribution in [3.05, 3.63) is 0 Å². The molecule has 3 heteroatoms. The summed E-state index contributed by atoms with van der Waals surface area (Å²) in [5.74, 6) is 0.705. The second-order valence-electron chi connectivity index (χ2n) is 4.81. The van der Waals surface area contributed by atoms with E-state index in [9.17, 15) is 10.2 Å². The average molecular weight is 201 g/mol. The summed E-state index contributed by atoms with van der Waals surface area (Å²) in [5.41, 5.74) is -0.685. The summed E-state index contributed by atoms with van der Waals surface area (Å²) < 4.78 is 0. The third kappa shape index (κ3) is 4.94. The molecule has 0 radical (unpaired) electrons. The largest absolute Gasteiger partial charge is 0.392 e. The van der Waals surface area contributed by atoms with Gasteiger partial charge in [0.25, 0.3) is 0 Å². The lowest BCUT2D eigenvalue weighted by molar-refractivity contribution is -0.00589. The van der Waals surface area contributed by atoms with Gasteiger partial charge in [-0.05, 0) is 25.8 Å². The van der Waals surface area contributed by atoms with E-state index >= 15 is 0 Å². The summed E-state index contributed by atoms with van der Waals surface area (Å²) in [4.78, 5) is 0. The standard InChI is InChI=1S/C11H23NO2/c1-3-12-8-10(13)7-11(2,14)6-9-4-5-9/h9-10,12-14H,3-8H2,1-2H3/t10-,11-/m1/s1. The Morgan fingerprint density at radius 1 is 1.50 bits per heavy atom. The van der Waals surface area contributed by atoms with E-state index < -0.39 is 11.7 Å². The molecule has 3 N–H and O–H groups in total. The summed E-state index contributed by atoms with van der Waals surface area (Å²) in [6.45, 7) is 5.29. The molecule has 0 amide bonds. The highest BCUT2D eigenvalue weighted by atomic mass is 16.3. The fourth-order valence-electron chi connectivity index (χ4n) is 1.92. The number of likely N-dealkylation sites (N-methyl/N-ethyl adjacent to an activating group) is 1. The smallest absolute Gasteiger partial charge is 0.0691 e. The van der Waals surface area contributed by atoms with Crippen molar-refractivity contribution in [1.82, 2.24) is 5.32 Å². The first-order valence-electron chi connectivity index (χ1n) is 5.64. The highest BCUT2D eigenvalue weighted by Gasteiger charge is 2.32. The zero-order chi connectivity index (χ0) is 10.6. The van der Waals surface area contributed by atoms with Crippen molar-refractivity contribution in [3.8, 4) is 0 Å². The number of hydrogen-bond donors (Lipinski definition) is 3. The van der Waals surface area contributed by atoms with Gasteiger partial charge in [0.1, 0.15) is 0 Å². The molecule has 1 saturated carbocycles. The van der Waals surface area contributed by atoms with Gasteiger partial charge >= 0.3 is 0 Å². The number of rotatable bonds is 7. The van der Waals surface area contributed by atoms with Gasteiger partial charge in [-0.15, -0.1) is 0 Å². The van der Waals surface area contributed by atoms with Gasteiger partial charge in [0, 0.05) is 13.0 Å². The highest BCUT2D eigenvalue weighted by Crippen LogP contribution is 2.38. The molecular formula is C11H23NO2. The second-order valence-corrected chi connectivity index (χ2v) is 4.81. The minimum atomic E-state index is -0.685. The van der Waals surface area contributed by atoms with E-state index in [0.29, 0.717) is 18.9 Å². The molecule has 1 aliphatic rings. The zero-order valence-electron chi connectivity index (χ0n) is 9.29. The van der Waals surface area contributed by atoms with Gasteiger partial charge in [0.15, 0.2) is 0 Å². The molecule has 0 spiro atoms. The molecule has 0 bridgehead atoms. The van der Waals surface area contributed by atoms with Crippen LogP contribution < -0.4 is 5.32 Å². The van der Waals surface area contributed by atoms with Crippen LogP contribution in [0.15, 0.2) is 0 Å². The molecule has 1 rings (SSSR count). The lowest BCUT2D eigenvalue weighted by Gasteiger charge is -2.26. The lowest BCUT2D eigenvalue weighted by atomic mass is 9.92. The van der Waals surface area contributed by atoms with E-state index in [0.717, 1.165) is 13.0 Å². The first-order valence-corrected chi connectivity index (χ1v) is 5.64. The number of hydrogen-bond acceptors (Lipinski definition) is 3. The van der Waals surface area contributed by atoms with Crippen molar-refractivity contribution in [1.29, 1.82) is 0 Å². The first kappa shape index (κ1) is 12.0. The van der Waals surface area contributed by atoms with Crippen molar-refractivity contribution in [2.45, 2.75) is 51.2 Å². The molecule has 0 aromatic heterocycles. The Balaban J connectivity index is 2.18. The van der Waals surface area contributed by atoms with E-state index in [1.165, 1.54) is 12.8 Å². The van der Waals surface area contributed by atoms with Crippen LogP contribution in [0.25, 0.3) is 0 Å². The summed E-state index contributed by atoms with van der Waals surface area (Å²) >= 11 is 0. The minimum absolute atomic E-state index is 0.427. The van der Waals surface area contributed by atoms with Gasteiger partial charge in [-0.1, -0.05) is 19.8 Å². The van der Waals surface area contributed by atoms with Crippen LogP contribution in [0.4, 0.5) is 0 Å². The van der Waals surface area contributed by atoms with Gasteiger partial charge in [0.2, 0.25) is 0 Å². The number of aliphatic hydroxyl groups excluding tert-OH is 1. The van der Waals surface area contributed by atoms with Crippen LogP contribution >= 0.6 is 0 Å². The number of nitrogens with one attached hydrogen (secondary N) is 1. The molecule has 1 aliphatic carbocycles. The van der Waals surface area contributed by atoms with Crippen LogP contribution in [0.3, 0.4) is 0 Å². The van der Waals surface area contributed by atoms with Gasteiger partial charge < -0.3 is 15.5 Å². The van der Waals surface area contributed by atoms with Gasteiger partial charge in [-0.3, -0.25) is 0 Å². The quantitative estimate of drug-likeness (QED) is 0.573. The van der Waals surface area contributed by atoms with Crippen LogP contribution in [-0.4, -0.2) is 35.0 Å². The highest BCUT2D eigenvalue weighted by molar-refractivity contribution is 4.85. The molecular weight excluding hydrogens is 178 g/mol. The van der Waals surface area contributed by atoms with E-state index in [-0.39, 0.29) is 0 Å². The molecule has 0 heterocycles. The van der Waals surface area contributed by atoms with Crippen molar-refractivity contribution >= 4 is 0 Å². The van der Waals surface area contributed by atoms with E-state index in [2.05, 4.69) is 5.32 Å². The summed E-state index contributed by atoms with van der Waals surface area (Å²) in [7, 11) is 0. The fourth-order valence-corrected chi connectivity index (χ4v) is 1.92. The topological polar surface area (TPSA) is 52.5 Å². The maximum absolute atomic E-state index is 10.0. The Morgan fingerprint density at radius 3 is 2.64 bits per heavy atom. The maximum Gasteiger partial charge on any atom is 0.0691 e. The third-order valence-electron chi connectivity index (χ3n) is 2.73. The second kappa shape index (κ2) is 5.10. The Hall–Kier alpha value is -0.120. The average Bonchev–Trinajstić information content (AvgIpc) is 2.82. The lowest BCUT2D eigenvalue weighted by Crippen LogP contribution is -2.36. The van der Waals surface area contributed by atoms with Crippen molar-refractivity contribution in [2.24, 2.45) is 5.92 Å². The van der Waals surface area contributed by atoms with Gasteiger partial charge in [-0.2, -0.15) is 0 Å². The molecule has 84 valence electrons. The van der Waals surface area contributed by atoms with Crippen molar-refractivity contribution in [2.75, 3.05) is 13.1 Å². The molecule has 0 saturated heterocycles. The summed E-state index contributed by atoms with van der Waals surface area (Å²) in [5, 5.41) is 22.7. The SMILES string of the molecule is CCNC[C@H](O)C[C@](C)(O)CC1CC1. The van der Waals surface area contributed by atoms with Crippen LogP contribution in [0.5, 0.6) is 0 Å². The molecule has 0 aromatic carbocycles. The maximum atomic E-state index is 10.0. The zero-order valence-corrected chi connectivity index (χ0v) is 9.29. The Bertz CT molecular complexity index is 167. The fraction of sp³-hybridized carbons (Fsp3) is 1.00. The van der Waals surface area contributed by atoms with Crippen LogP contribution in [-0.2, 0) is 0 Å². The Kier molecular flexibility index (Phi) is 4.35. The normalized spacial score (nSPS) is 23.1. The van der Waals surface area contributed by atoms with Crippen LogP contribution in [0, 0.1) is 5.92 Å². The summed E-state index contributed by atoms with van der Waals surface area (Å²) in [6.07, 6.45) is 3.40. The van der Waals surface area contributed by atoms with Crippen LogP contribution in [0.1, 0.15) is 39.5 Å². The Morgan fingerprint density at radius 2 is 2.14 bits per heavy atom. The van der Waals surface area contributed by atoms with Gasteiger partial charge in [0.05, 0.1) is 11.7 Å². The van der Waals surface area contributed by atoms with E-state index in [1.54, 1.807) is 0 Å². The minimum Gasteiger partial charge on any atom is -0.392 e. The number of aliphatic hydroxyl groups is 2. The molecule has 0 aromatic rings. The third-order valence-corrected chi connectivity index (χ3v) is 2.73. The summed E-state index contributed by atoms with van der Waals surface area (Å²) in [6, 6.07) is 0. The monoisotopic (exact) mass is 201 g/mol. The predicted octanol–water partition coefficient (Wildman–Crippen LogP) is 0.898. The van der Waals surface area contributed by atoms with E-state index in [4.69, 9.17) is 0 Å². The van der Waals surface area contributed by atoms with Crippen molar-refractivity contribution in [3.63, 3.8) is 0 Å². The van der Waals surface area contributed by atoms with E-state index in [1.807, 2.05) is 13.8 Å². The first-order chi connectivity index (χ1) is 6.53. The van der Waals surface area contributed by atoms with Crippen molar-refractivity contribution < 1.29 is 10.2 Å². The molecule has 3 nitrogen and oxygen atoms in total. The molecule has 0 unspecified atom stereocenters. The molecule has 0 aliphatic heterocycles. The van der Waals surface area contributed by atoms with Crippen LogP contribution in [0.2, 0.25) is 0 Å². The predicted molar refractivity (Wildman–Crippen MR) is 57.1 cm³/mol. The van der Waals surface area contributed by atoms with Gasteiger partial charge in [-0.25, -0.2) is 0 Å². The molecule has 2 atom stereocenters.